The molecular formula is C4H4N2S2. The molecule has 2 heterocycles. The smallest absolute Gasteiger partial charge is 0.0806 e. The van der Waals surface area contributed by atoms with Gasteiger partial charge in [-0.3, -0.25) is 0 Å². The maximum atomic E-state index is 3.10. The maximum absolute atomic E-state index is 3.10. The summed E-state index contributed by atoms with van der Waals surface area (Å²) >= 11 is 3.22. The van der Waals surface area contributed by atoms with Crippen LogP contribution in [0.15, 0.2) is 10.8 Å². The molecule has 1 aromatic rings. The van der Waals surface area contributed by atoms with E-state index >= 15 is 0 Å². The van der Waals surface area contributed by atoms with E-state index in [-0.39, 0.29) is 0 Å². The lowest BCUT2D eigenvalue weighted by atomic mass is 10.5. The van der Waals surface area contributed by atoms with Crippen LogP contribution in [0.3, 0.4) is 0 Å². The SMILES string of the molecule is c1scc2c1NSN2. The Kier molecular flexibility index (Phi) is 0.884. The molecule has 1 aliphatic heterocycles. The van der Waals surface area contributed by atoms with Crippen molar-refractivity contribution in [2.75, 3.05) is 9.44 Å². The van der Waals surface area contributed by atoms with Crippen molar-refractivity contribution in [3.63, 3.8) is 0 Å². The number of hydrogen-bond donors (Lipinski definition) is 2. The highest BCUT2D eigenvalue weighted by Gasteiger charge is 2.08. The highest BCUT2D eigenvalue weighted by atomic mass is 32.2. The lowest BCUT2D eigenvalue weighted by molar-refractivity contribution is 1.89. The zero-order valence-electron chi connectivity index (χ0n) is 3.97. The molecule has 1 aliphatic rings. The predicted molar refractivity (Wildman–Crippen MR) is 39.2 cm³/mol. The molecule has 0 radical (unpaired) electrons. The van der Waals surface area contributed by atoms with E-state index < -0.39 is 0 Å². The molecule has 4 heteroatoms. The fraction of sp³-hybridized carbons (Fsp3) is 0. The topological polar surface area (TPSA) is 24.1 Å². The van der Waals surface area contributed by atoms with Crippen molar-refractivity contribution in [2.24, 2.45) is 0 Å². The van der Waals surface area contributed by atoms with Crippen molar-refractivity contribution in [1.82, 2.24) is 0 Å². The fourth-order valence-corrected chi connectivity index (χ4v) is 2.06. The van der Waals surface area contributed by atoms with E-state index in [1.54, 1.807) is 11.3 Å². The zero-order valence-corrected chi connectivity index (χ0v) is 5.60. The van der Waals surface area contributed by atoms with Crippen LogP contribution in [-0.4, -0.2) is 0 Å². The van der Waals surface area contributed by atoms with Gasteiger partial charge in [-0.25, -0.2) is 0 Å². The normalized spacial score (nSPS) is 14.5. The summed E-state index contributed by atoms with van der Waals surface area (Å²) in [4.78, 5) is 0. The Morgan fingerprint density at radius 1 is 1.12 bits per heavy atom. The molecule has 0 aliphatic carbocycles. The summed E-state index contributed by atoms with van der Waals surface area (Å²) in [6, 6.07) is 0. The molecule has 1 aromatic heterocycles. The van der Waals surface area contributed by atoms with Crippen LogP contribution in [0, 0.1) is 0 Å². The molecule has 0 atom stereocenters. The van der Waals surface area contributed by atoms with Gasteiger partial charge in [0.15, 0.2) is 0 Å². The van der Waals surface area contributed by atoms with Gasteiger partial charge in [-0.15, -0.1) is 11.3 Å². The van der Waals surface area contributed by atoms with Crippen molar-refractivity contribution in [1.29, 1.82) is 0 Å². The van der Waals surface area contributed by atoms with E-state index in [4.69, 9.17) is 0 Å². The van der Waals surface area contributed by atoms with Crippen molar-refractivity contribution in [2.45, 2.75) is 0 Å². The summed E-state index contributed by atoms with van der Waals surface area (Å²) < 4.78 is 6.19. The van der Waals surface area contributed by atoms with Gasteiger partial charge in [-0.1, -0.05) is 0 Å². The van der Waals surface area contributed by atoms with Crippen molar-refractivity contribution in [3.05, 3.63) is 10.8 Å². The molecule has 0 amide bonds. The zero-order chi connectivity index (χ0) is 5.40. The summed E-state index contributed by atoms with van der Waals surface area (Å²) in [6.07, 6.45) is 0. The second kappa shape index (κ2) is 1.56. The molecule has 2 nitrogen and oxygen atoms in total. The summed E-state index contributed by atoms with van der Waals surface area (Å²) in [5.74, 6) is 0. The van der Waals surface area contributed by atoms with Gasteiger partial charge in [0.1, 0.15) is 0 Å². The van der Waals surface area contributed by atoms with E-state index in [0.717, 1.165) is 0 Å². The molecule has 8 heavy (non-hydrogen) atoms. The monoisotopic (exact) mass is 144 g/mol. The molecule has 0 saturated carbocycles. The highest BCUT2D eigenvalue weighted by Crippen LogP contribution is 2.35. The minimum atomic E-state index is 1.21. The van der Waals surface area contributed by atoms with E-state index in [9.17, 15) is 0 Å². The van der Waals surface area contributed by atoms with Gasteiger partial charge in [0.25, 0.3) is 0 Å². The quantitative estimate of drug-likeness (QED) is 0.545. The first-order valence-electron chi connectivity index (χ1n) is 2.21. The summed E-state index contributed by atoms with van der Waals surface area (Å²) in [5.41, 5.74) is 2.42. The van der Waals surface area contributed by atoms with Gasteiger partial charge in [0.05, 0.1) is 23.5 Å². The molecule has 0 aromatic carbocycles. The maximum Gasteiger partial charge on any atom is 0.0806 e. The fourth-order valence-electron chi connectivity index (χ4n) is 0.591. The van der Waals surface area contributed by atoms with Crippen LogP contribution in [0.4, 0.5) is 11.4 Å². The summed E-state index contributed by atoms with van der Waals surface area (Å²) in [6.45, 7) is 0. The van der Waals surface area contributed by atoms with Gasteiger partial charge >= 0.3 is 0 Å². The first kappa shape index (κ1) is 4.52. The third-order valence-electron chi connectivity index (χ3n) is 0.984. The Labute approximate surface area is 55.6 Å². The minimum Gasteiger partial charge on any atom is -0.309 e. The molecule has 0 saturated heterocycles. The number of hydrogen-bond acceptors (Lipinski definition) is 4. The number of anilines is 2. The van der Waals surface area contributed by atoms with Crippen molar-refractivity contribution >= 4 is 34.8 Å². The second-order valence-corrected chi connectivity index (χ2v) is 2.86. The standard InChI is InChI=1S/C4H4N2S2/c1-3-4(2-7-1)6-8-5-3/h1-2,5-6H. The highest BCUT2D eigenvalue weighted by molar-refractivity contribution is 8.02. The predicted octanol–water partition coefficient (Wildman–Crippen LogP) is 2.15. The van der Waals surface area contributed by atoms with Crippen molar-refractivity contribution in [3.8, 4) is 0 Å². The lowest BCUT2D eigenvalue weighted by Gasteiger charge is -1.84. The molecule has 42 valence electrons. The number of rotatable bonds is 0. The van der Waals surface area contributed by atoms with Crippen LogP contribution in [0.25, 0.3) is 0 Å². The van der Waals surface area contributed by atoms with E-state index in [1.165, 1.54) is 23.5 Å². The van der Waals surface area contributed by atoms with Gasteiger partial charge in [0.2, 0.25) is 0 Å². The largest absolute Gasteiger partial charge is 0.309 e. The average molecular weight is 144 g/mol. The van der Waals surface area contributed by atoms with Gasteiger partial charge < -0.3 is 9.44 Å². The van der Waals surface area contributed by atoms with Crippen LogP contribution < -0.4 is 9.44 Å². The van der Waals surface area contributed by atoms with Gasteiger partial charge in [-0.2, -0.15) is 0 Å². The first-order valence-corrected chi connectivity index (χ1v) is 3.97. The lowest BCUT2D eigenvalue weighted by Crippen LogP contribution is -1.75. The molecule has 0 spiro atoms. The Balaban J connectivity index is 2.54. The molecule has 0 fully saturated rings. The minimum absolute atomic E-state index is 1.21. The number of nitrogens with one attached hydrogen (secondary N) is 2. The van der Waals surface area contributed by atoms with E-state index in [0.29, 0.717) is 0 Å². The number of fused-ring (bicyclic) bond motifs is 1. The van der Waals surface area contributed by atoms with Crippen LogP contribution in [0.5, 0.6) is 0 Å². The molecule has 2 N–H and O–H groups in total. The van der Waals surface area contributed by atoms with Gasteiger partial charge in [0, 0.05) is 10.8 Å². The van der Waals surface area contributed by atoms with E-state index in [2.05, 4.69) is 20.2 Å². The third-order valence-corrected chi connectivity index (χ3v) is 2.37. The Hall–Kier alpha value is -0.350. The molecule has 0 unspecified atom stereocenters. The second-order valence-electron chi connectivity index (χ2n) is 1.51. The van der Waals surface area contributed by atoms with Crippen LogP contribution in [0.2, 0.25) is 0 Å². The summed E-state index contributed by atoms with van der Waals surface area (Å²) in [5, 5.41) is 4.17. The summed E-state index contributed by atoms with van der Waals surface area (Å²) in [7, 11) is 0. The average Bonchev–Trinajstić information content (AvgIpc) is 2.15. The van der Waals surface area contributed by atoms with Gasteiger partial charge in [-0.05, 0) is 0 Å². The van der Waals surface area contributed by atoms with Crippen LogP contribution in [0.1, 0.15) is 0 Å². The number of thiophene rings is 1. The Morgan fingerprint density at radius 3 is 2.38 bits per heavy atom. The Bertz CT molecular complexity index is 177. The van der Waals surface area contributed by atoms with Crippen LogP contribution >= 0.6 is 23.5 Å². The van der Waals surface area contributed by atoms with Crippen molar-refractivity contribution < 1.29 is 0 Å². The Morgan fingerprint density at radius 2 is 1.75 bits per heavy atom. The molecule has 0 bridgehead atoms. The van der Waals surface area contributed by atoms with E-state index in [1.807, 2.05) is 0 Å². The molecule has 2 rings (SSSR count). The van der Waals surface area contributed by atoms with Crippen LogP contribution in [-0.2, 0) is 0 Å². The molecular weight excluding hydrogens is 140 g/mol. The first-order chi connectivity index (χ1) is 3.97. The third kappa shape index (κ3) is 0.499.